The molecule has 9 heteroatoms. The maximum atomic E-state index is 12.5. The lowest BCUT2D eigenvalue weighted by Gasteiger charge is -2.10. The zero-order valence-corrected chi connectivity index (χ0v) is 14.7. The molecule has 0 saturated heterocycles. The summed E-state index contributed by atoms with van der Waals surface area (Å²) in [4.78, 5) is 11.4. The highest BCUT2D eigenvalue weighted by atomic mass is 19.4. The van der Waals surface area contributed by atoms with Gasteiger partial charge in [-0.3, -0.25) is 9.20 Å². The number of halogens is 3. The fourth-order valence-corrected chi connectivity index (χ4v) is 2.94. The van der Waals surface area contributed by atoms with Crippen molar-refractivity contribution in [1.29, 1.82) is 0 Å². The molecule has 4 aromatic rings. The van der Waals surface area contributed by atoms with Crippen molar-refractivity contribution < 1.29 is 22.7 Å². The number of benzene rings is 2. The van der Waals surface area contributed by atoms with Gasteiger partial charge < -0.3 is 10.5 Å². The van der Waals surface area contributed by atoms with E-state index in [1.807, 2.05) is 6.07 Å². The molecule has 0 aliphatic heterocycles. The van der Waals surface area contributed by atoms with Crippen LogP contribution >= 0.6 is 0 Å². The number of hydrogen-bond acceptors (Lipinski definition) is 4. The molecular weight excluding hydrogens is 385 g/mol. The number of pyridine rings is 1. The molecule has 6 nitrogen and oxygen atoms in total. The fraction of sp³-hybridized carbons (Fsp3) is 0.0500. The number of carbonyl (C=O) groups is 1. The number of carbonyl (C=O) groups excluding carboxylic acids is 1. The minimum Gasteiger partial charge on any atom is -0.406 e. The van der Waals surface area contributed by atoms with Crippen molar-refractivity contribution >= 4 is 11.6 Å². The highest BCUT2D eigenvalue weighted by molar-refractivity contribution is 5.94. The SMILES string of the molecule is NC(=O)c1cccc(-c2ccc3nnc(-c4cccc(OC(F)(F)F)c4)n3c2)c1. The molecule has 0 saturated carbocycles. The van der Waals surface area contributed by atoms with Crippen molar-refractivity contribution in [3.63, 3.8) is 0 Å². The average Bonchev–Trinajstić information content (AvgIpc) is 3.10. The van der Waals surface area contributed by atoms with Crippen LogP contribution in [0, 0.1) is 0 Å². The van der Waals surface area contributed by atoms with Crippen LogP contribution in [0.2, 0.25) is 0 Å². The fourth-order valence-electron chi connectivity index (χ4n) is 2.94. The molecule has 0 aliphatic carbocycles. The zero-order chi connectivity index (χ0) is 20.6. The van der Waals surface area contributed by atoms with Crippen molar-refractivity contribution in [3.8, 4) is 28.3 Å². The average molecular weight is 398 g/mol. The molecule has 2 aromatic heterocycles. The Morgan fingerprint density at radius 1 is 0.931 bits per heavy atom. The highest BCUT2D eigenvalue weighted by Gasteiger charge is 2.31. The van der Waals surface area contributed by atoms with Crippen molar-refractivity contribution in [1.82, 2.24) is 14.6 Å². The summed E-state index contributed by atoms with van der Waals surface area (Å²) in [7, 11) is 0. The van der Waals surface area contributed by atoms with E-state index in [-0.39, 0.29) is 5.75 Å². The first-order valence-corrected chi connectivity index (χ1v) is 8.41. The van der Waals surface area contributed by atoms with E-state index in [9.17, 15) is 18.0 Å². The molecule has 1 amide bonds. The summed E-state index contributed by atoms with van der Waals surface area (Å²) in [5, 5.41) is 8.14. The monoisotopic (exact) mass is 398 g/mol. The molecule has 29 heavy (non-hydrogen) atoms. The Kier molecular flexibility index (Phi) is 4.42. The van der Waals surface area contributed by atoms with Crippen molar-refractivity contribution in [3.05, 3.63) is 72.4 Å². The summed E-state index contributed by atoms with van der Waals surface area (Å²) < 4.78 is 43.2. The Bertz CT molecular complexity index is 1220. The number of hydrogen-bond donors (Lipinski definition) is 1. The van der Waals surface area contributed by atoms with E-state index in [0.717, 1.165) is 11.1 Å². The molecule has 0 aliphatic rings. The number of aromatic nitrogens is 3. The van der Waals surface area contributed by atoms with Crippen LogP contribution in [0.5, 0.6) is 5.75 Å². The molecule has 146 valence electrons. The number of fused-ring (bicyclic) bond motifs is 1. The smallest absolute Gasteiger partial charge is 0.406 e. The number of ether oxygens (including phenoxy) is 1. The number of amides is 1. The second-order valence-corrected chi connectivity index (χ2v) is 6.19. The van der Waals surface area contributed by atoms with Crippen molar-refractivity contribution in [2.24, 2.45) is 5.73 Å². The van der Waals surface area contributed by atoms with Gasteiger partial charge in [-0.05, 0) is 47.5 Å². The third-order valence-electron chi connectivity index (χ3n) is 4.21. The van der Waals surface area contributed by atoms with Gasteiger partial charge in [-0.1, -0.05) is 24.3 Å². The second-order valence-electron chi connectivity index (χ2n) is 6.19. The summed E-state index contributed by atoms with van der Waals surface area (Å²) >= 11 is 0. The van der Waals surface area contributed by atoms with E-state index in [2.05, 4.69) is 14.9 Å². The van der Waals surface area contributed by atoms with Crippen LogP contribution in [-0.4, -0.2) is 26.9 Å². The molecule has 2 aromatic carbocycles. The van der Waals surface area contributed by atoms with Gasteiger partial charge in [0.25, 0.3) is 0 Å². The molecule has 0 fully saturated rings. The number of rotatable bonds is 4. The molecule has 0 radical (unpaired) electrons. The number of primary amides is 1. The maximum Gasteiger partial charge on any atom is 0.573 e. The van der Waals surface area contributed by atoms with Gasteiger partial charge in [-0.15, -0.1) is 23.4 Å². The molecule has 0 spiro atoms. The molecule has 2 N–H and O–H groups in total. The van der Waals surface area contributed by atoms with E-state index < -0.39 is 12.3 Å². The molecule has 0 unspecified atom stereocenters. The first kappa shape index (κ1) is 18.5. The standard InChI is InChI=1S/C20H13F3N4O2/c21-20(22,23)29-16-6-2-5-14(10-16)19-26-25-17-8-7-15(11-27(17)19)12-3-1-4-13(9-12)18(24)28/h1-11H,(H2,24,28). The van der Waals surface area contributed by atoms with E-state index in [1.165, 1.54) is 18.2 Å². The Balaban J connectivity index is 1.78. The summed E-state index contributed by atoms with van der Waals surface area (Å²) in [6.07, 6.45) is -3.05. The Labute approximate surface area is 162 Å². The largest absolute Gasteiger partial charge is 0.573 e. The van der Waals surface area contributed by atoms with Gasteiger partial charge in [0.2, 0.25) is 5.91 Å². The van der Waals surface area contributed by atoms with Gasteiger partial charge >= 0.3 is 6.36 Å². The van der Waals surface area contributed by atoms with Gasteiger partial charge in [-0.2, -0.15) is 0 Å². The maximum absolute atomic E-state index is 12.5. The number of nitrogens with zero attached hydrogens (tertiary/aromatic N) is 3. The third-order valence-corrected chi connectivity index (χ3v) is 4.21. The second kappa shape index (κ2) is 6.93. The van der Waals surface area contributed by atoms with E-state index in [1.54, 1.807) is 47.0 Å². The lowest BCUT2D eigenvalue weighted by molar-refractivity contribution is -0.274. The van der Waals surface area contributed by atoms with Crippen molar-refractivity contribution in [2.45, 2.75) is 6.36 Å². The summed E-state index contributed by atoms with van der Waals surface area (Å²) in [5.74, 6) is -0.544. The topological polar surface area (TPSA) is 82.5 Å². The van der Waals surface area contributed by atoms with E-state index >= 15 is 0 Å². The third kappa shape index (κ3) is 3.88. The number of alkyl halides is 3. The molecule has 2 heterocycles. The lowest BCUT2D eigenvalue weighted by atomic mass is 10.0. The molecule has 4 rings (SSSR count). The number of nitrogens with two attached hydrogens (primary N) is 1. The summed E-state index contributed by atoms with van der Waals surface area (Å²) in [6, 6.07) is 15.8. The van der Waals surface area contributed by atoms with Crippen LogP contribution in [0.1, 0.15) is 10.4 Å². The van der Waals surface area contributed by atoms with Gasteiger partial charge in [0.15, 0.2) is 11.5 Å². The van der Waals surface area contributed by atoms with Crippen LogP contribution in [0.25, 0.3) is 28.2 Å². The lowest BCUT2D eigenvalue weighted by Crippen LogP contribution is -2.17. The van der Waals surface area contributed by atoms with E-state index in [4.69, 9.17) is 5.73 Å². The van der Waals surface area contributed by atoms with Crippen LogP contribution in [0.15, 0.2) is 66.9 Å². The minimum atomic E-state index is -4.79. The molecule has 0 atom stereocenters. The Morgan fingerprint density at radius 2 is 1.69 bits per heavy atom. The van der Waals surface area contributed by atoms with Gasteiger partial charge in [0, 0.05) is 17.3 Å². The quantitative estimate of drug-likeness (QED) is 0.562. The first-order valence-electron chi connectivity index (χ1n) is 8.41. The predicted molar refractivity (Wildman–Crippen MR) is 99.1 cm³/mol. The Morgan fingerprint density at radius 3 is 2.45 bits per heavy atom. The van der Waals surface area contributed by atoms with E-state index in [0.29, 0.717) is 22.6 Å². The molecule has 0 bridgehead atoms. The summed E-state index contributed by atoms with van der Waals surface area (Å²) in [6.45, 7) is 0. The van der Waals surface area contributed by atoms with Gasteiger partial charge in [0.1, 0.15) is 5.75 Å². The van der Waals surface area contributed by atoms with Crippen LogP contribution in [0.3, 0.4) is 0 Å². The predicted octanol–water partition coefficient (Wildman–Crippen LogP) is 4.06. The first-order chi connectivity index (χ1) is 13.8. The van der Waals surface area contributed by atoms with Gasteiger partial charge in [0.05, 0.1) is 0 Å². The normalized spacial score (nSPS) is 11.6. The van der Waals surface area contributed by atoms with Gasteiger partial charge in [-0.25, -0.2) is 0 Å². The van der Waals surface area contributed by atoms with Crippen molar-refractivity contribution in [2.75, 3.05) is 0 Å². The zero-order valence-electron chi connectivity index (χ0n) is 14.7. The minimum absolute atomic E-state index is 0.348. The Hall–Kier alpha value is -3.88. The molecular formula is C20H13F3N4O2. The van der Waals surface area contributed by atoms with Crippen LogP contribution < -0.4 is 10.5 Å². The van der Waals surface area contributed by atoms with Crippen LogP contribution in [0.4, 0.5) is 13.2 Å². The summed E-state index contributed by atoms with van der Waals surface area (Å²) in [5.41, 5.74) is 8.12. The van der Waals surface area contributed by atoms with Crippen LogP contribution in [-0.2, 0) is 0 Å². The highest BCUT2D eigenvalue weighted by Crippen LogP contribution is 2.29.